The zero-order valence-electron chi connectivity index (χ0n) is 12.7. The summed E-state index contributed by atoms with van der Waals surface area (Å²) in [5.41, 5.74) is 2.26. The van der Waals surface area contributed by atoms with Crippen LogP contribution in [-0.4, -0.2) is 33.1 Å². The molecule has 2 aromatic heterocycles. The number of benzene rings is 1. The van der Waals surface area contributed by atoms with Crippen LogP contribution in [0.2, 0.25) is 0 Å². The minimum atomic E-state index is -0.388. The number of nitrogens with one attached hydrogen (secondary N) is 2. The minimum Gasteiger partial charge on any atom is -0.342 e. The molecule has 0 saturated heterocycles. The number of amides is 2. The lowest BCUT2D eigenvalue weighted by Gasteiger charge is -2.03. The number of anilines is 1. The quantitative estimate of drug-likeness (QED) is 0.762. The Labute approximate surface area is 136 Å². The maximum Gasteiger partial charge on any atom is 0.272 e. The van der Waals surface area contributed by atoms with E-state index in [0.717, 1.165) is 15.8 Å². The summed E-state index contributed by atoms with van der Waals surface area (Å²) in [5, 5.41) is 9.70. The van der Waals surface area contributed by atoms with Crippen LogP contribution >= 0.6 is 11.3 Å². The summed E-state index contributed by atoms with van der Waals surface area (Å²) < 4.78 is 2.54. The van der Waals surface area contributed by atoms with Gasteiger partial charge in [0.25, 0.3) is 5.91 Å². The Morgan fingerprint density at radius 3 is 2.87 bits per heavy atom. The molecular formula is C15H15N5O2S. The Hall–Kier alpha value is -2.74. The first-order valence-corrected chi connectivity index (χ1v) is 7.78. The van der Waals surface area contributed by atoms with Crippen molar-refractivity contribution in [1.29, 1.82) is 0 Å². The van der Waals surface area contributed by atoms with Gasteiger partial charge in [0.15, 0.2) is 5.13 Å². The molecule has 0 unspecified atom stereocenters. The topological polar surface area (TPSA) is 88.9 Å². The number of carbonyl (C=O) groups is 2. The van der Waals surface area contributed by atoms with Gasteiger partial charge in [-0.3, -0.25) is 14.3 Å². The van der Waals surface area contributed by atoms with Crippen LogP contribution in [0.15, 0.2) is 30.5 Å². The van der Waals surface area contributed by atoms with Crippen LogP contribution in [0.5, 0.6) is 0 Å². The highest BCUT2D eigenvalue weighted by atomic mass is 32.1. The molecule has 2 N–H and O–H groups in total. The number of thiazole rings is 1. The van der Waals surface area contributed by atoms with Crippen LogP contribution in [0.25, 0.3) is 10.2 Å². The molecule has 2 amide bonds. The molecule has 23 heavy (non-hydrogen) atoms. The van der Waals surface area contributed by atoms with E-state index in [-0.39, 0.29) is 24.1 Å². The van der Waals surface area contributed by atoms with Crippen molar-refractivity contribution in [3.05, 3.63) is 41.7 Å². The number of aromatic nitrogens is 3. The Kier molecular flexibility index (Phi) is 4.07. The summed E-state index contributed by atoms with van der Waals surface area (Å²) in [4.78, 5) is 28.1. The van der Waals surface area contributed by atoms with Gasteiger partial charge in [-0.1, -0.05) is 17.4 Å². The second-order valence-electron chi connectivity index (χ2n) is 5.10. The molecule has 0 radical (unpaired) electrons. The van der Waals surface area contributed by atoms with E-state index in [9.17, 15) is 9.59 Å². The molecule has 0 spiro atoms. The molecule has 0 aliphatic rings. The van der Waals surface area contributed by atoms with Crippen molar-refractivity contribution < 1.29 is 9.59 Å². The van der Waals surface area contributed by atoms with Crippen LogP contribution in [0.1, 0.15) is 16.1 Å². The number of hydrogen-bond donors (Lipinski definition) is 2. The summed E-state index contributed by atoms with van der Waals surface area (Å²) in [6.07, 6.45) is 1.66. The molecule has 0 aliphatic carbocycles. The summed E-state index contributed by atoms with van der Waals surface area (Å²) >= 11 is 1.40. The van der Waals surface area contributed by atoms with Gasteiger partial charge in [0.05, 0.1) is 16.8 Å². The Morgan fingerprint density at radius 1 is 1.30 bits per heavy atom. The van der Waals surface area contributed by atoms with Crippen molar-refractivity contribution in [2.24, 2.45) is 7.05 Å². The van der Waals surface area contributed by atoms with E-state index in [0.29, 0.717) is 5.13 Å². The highest BCUT2D eigenvalue weighted by Crippen LogP contribution is 2.26. The first kappa shape index (κ1) is 15.2. The standard InChI is InChI=1S/C15H15N5O2S/c1-9-3-4-10-12(7-9)23-15(17-10)18-13(21)8-16-14(22)11-5-6-20(2)19-11/h3-7H,8H2,1-2H3,(H,16,22)(H,17,18,21). The molecule has 1 aromatic carbocycles. The number of fused-ring (bicyclic) bond motifs is 1. The Balaban J connectivity index is 1.59. The molecule has 0 aliphatic heterocycles. The first-order valence-electron chi connectivity index (χ1n) is 6.96. The van der Waals surface area contributed by atoms with Crippen LogP contribution in [0.4, 0.5) is 5.13 Å². The number of aryl methyl sites for hydroxylation is 2. The van der Waals surface area contributed by atoms with E-state index in [1.807, 2.05) is 25.1 Å². The van der Waals surface area contributed by atoms with Crippen LogP contribution < -0.4 is 10.6 Å². The number of carbonyl (C=O) groups excluding carboxylic acids is 2. The van der Waals surface area contributed by atoms with Crippen molar-refractivity contribution in [2.45, 2.75) is 6.92 Å². The van der Waals surface area contributed by atoms with E-state index in [4.69, 9.17) is 0 Å². The van der Waals surface area contributed by atoms with Gasteiger partial charge in [0, 0.05) is 13.2 Å². The molecule has 0 bridgehead atoms. The van der Waals surface area contributed by atoms with Crippen LogP contribution in [-0.2, 0) is 11.8 Å². The lowest BCUT2D eigenvalue weighted by Crippen LogP contribution is -2.33. The normalized spacial score (nSPS) is 10.7. The van der Waals surface area contributed by atoms with Gasteiger partial charge in [-0.2, -0.15) is 5.10 Å². The Bertz CT molecular complexity index is 883. The van der Waals surface area contributed by atoms with Crippen molar-refractivity contribution >= 4 is 38.5 Å². The largest absolute Gasteiger partial charge is 0.342 e. The maximum atomic E-state index is 11.9. The molecule has 3 aromatic rings. The van der Waals surface area contributed by atoms with Gasteiger partial charge in [0.2, 0.25) is 5.91 Å². The third kappa shape index (κ3) is 3.54. The second-order valence-corrected chi connectivity index (χ2v) is 6.13. The maximum absolute atomic E-state index is 11.9. The third-order valence-electron chi connectivity index (χ3n) is 3.15. The zero-order chi connectivity index (χ0) is 16.4. The fourth-order valence-electron chi connectivity index (χ4n) is 2.04. The van der Waals surface area contributed by atoms with E-state index in [1.54, 1.807) is 19.3 Å². The van der Waals surface area contributed by atoms with E-state index >= 15 is 0 Å². The van der Waals surface area contributed by atoms with E-state index in [2.05, 4.69) is 20.7 Å². The lowest BCUT2D eigenvalue weighted by atomic mass is 10.2. The molecule has 0 fully saturated rings. The van der Waals surface area contributed by atoms with Crippen molar-refractivity contribution in [2.75, 3.05) is 11.9 Å². The molecule has 2 heterocycles. The van der Waals surface area contributed by atoms with Gasteiger partial charge >= 0.3 is 0 Å². The molecule has 0 saturated carbocycles. The lowest BCUT2D eigenvalue weighted by molar-refractivity contribution is -0.115. The number of rotatable bonds is 4. The molecular weight excluding hydrogens is 314 g/mol. The highest BCUT2D eigenvalue weighted by molar-refractivity contribution is 7.22. The van der Waals surface area contributed by atoms with Gasteiger partial charge in [0.1, 0.15) is 5.69 Å². The Morgan fingerprint density at radius 2 is 2.13 bits per heavy atom. The average molecular weight is 329 g/mol. The SMILES string of the molecule is Cc1ccc2nc(NC(=O)CNC(=O)c3ccn(C)n3)sc2c1. The van der Waals surface area contributed by atoms with Crippen LogP contribution in [0.3, 0.4) is 0 Å². The molecule has 0 atom stereocenters. The first-order chi connectivity index (χ1) is 11.0. The molecule has 3 rings (SSSR count). The fraction of sp³-hybridized carbons (Fsp3) is 0.200. The van der Waals surface area contributed by atoms with E-state index in [1.165, 1.54) is 16.0 Å². The van der Waals surface area contributed by atoms with Gasteiger partial charge in [-0.15, -0.1) is 0 Å². The monoisotopic (exact) mass is 329 g/mol. The smallest absolute Gasteiger partial charge is 0.272 e. The van der Waals surface area contributed by atoms with Crippen molar-refractivity contribution in [3.63, 3.8) is 0 Å². The predicted molar refractivity (Wildman–Crippen MR) is 88.5 cm³/mol. The summed E-state index contributed by atoms with van der Waals surface area (Å²) in [5.74, 6) is -0.717. The highest BCUT2D eigenvalue weighted by Gasteiger charge is 2.12. The van der Waals surface area contributed by atoms with E-state index < -0.39 is 0 Å². The van der Waals surface area contributed by atoms with Gasteiger partial charge in [-0.25, -0.2) is 4.98 Å². The second kappa shape index (κ2) is 6.17. The van der Waals surface area contributed by atoms with Gasteiger partial charge < -0.3 is 10.6 Å². The zero-order valence-corrected chi connectivity index (χ0v) is 13.5. The number of nitrogens with zero attached hydrogens (tertiary/aromatic N) is 3. The molecule has 8 heteroatoms. The summed E-state index contributed by atoms with van der Waals surface area (Å²) in [7, 11) is 1.72. The summed E-state index contributed by atoms with van der Waals surface area (Å²) in [6, 6.07) is 7.50. The average Bonchev–Trinajstić information content (AvgIpc) is 3.10. The minimum absolute atomic E-state index is 0.135. The van der Waals surface area contributed by atoms with Crippen LogP contribution in [0, 0.1) is 6.92 Å². The summed E-state index contributed by atoms with van der Waals surface area (Å²) in [6.45, 7) is 1.87. The predicted octanol–water partition coefficient (Wildman–Crippen LogP) is 1.71. The third-order valence-corrected chi connectivity index (χ3v) is 4.08. The molecule has 118 valence electrons. The van der Waals surface area contributed by atoms with Crippen molar-refractivity contribution in [1.82, 2.24) is 20.1 Å². The van der Waals surface area contributed by atoms with Crippen molar-refractivity contribution in [3.8, 4) is 0 Å². The molecule has 7 nitrogen and oxygen atoms in total. The number of hydrogen-bond acceptors (Lipinski definition) is 5. The van der Waals surface area contributed by atoms with Gasteiger partial charge in [-0.05, 0) is 30.7 Å². The fourth-order valence-corrected chi connectivity index (χ4v) is 3.02.